The molecule has 4 rings (SSSR count). The summed E-state index contributed by atoms with van der Waals surface area (Å²) in [6.45, 7) is 3.65. The molecule has 3 heterocycles. The summed E-state index contributed by atoms with van der Waals surface area (Å²) in [6.07, 6.45) is 8.48. The molecule has 4 aromatic rings. The van der Waals surface area contributed by atoms with Gasteiger partial charge in [-0.15, -0.1) is 11.8 Å². The minimum Gasteiger partial charge on any atom is -0.389 e. The Morgan fingerprint density at radius 2 is 2.16 bits per heavy atom. The molecule has 0 spiro atoms. The van der Waals surface area contributed by atoms with Crippen LogP contribution in [-0.4, -0.2) is 47.2 Å². The molecule has 31 heavy (non-hydrogen) atoms. The molecule has 2 N–H and O–H groups in total. The summed E-state index contributed by atoms with van der Waals surface area (Å²) in [6, 6.07) is 7.28. The summed E-state index contributed by atoms with van der Waals surface area (Å²) in [7, 11) is 0. The molecule has 0 fully saturated rings. The first-order valence-electron chi connectivity index (χ1n) is 9.48. The van der Waals surface area contributed by atoms with Gasteiger partial charge < -0.3 is 10.4 Å². The minimum absolute atomic E-state index is 0.253. The lowest BCUT2D eigenvalue weighted by molar-refractivity contribution is 0.0578. The Balaban J connectivity index is 1.77. The van der Waals surface area contributed by atoms with E-state index in [0.717, 1.165) is 10.5 Å². The van der Waals surface area contributed by atoms with Gasteiger partial charge in [-0.25, -0.2) is 9.50 Å². The van der Waals surface area contributed by atoms with Crippen LogP contribution in [0.2, 0.25) is 5.02 Å². The van der Waals surface area contributed by atoms with E-state index >= 15 is 0 Å². The van der Waals surface area contributed by atoms with E-state index < -0.39 is 5.60 Å². The summed E-state index contributed by atoms with van der Waals surface area (Å²) in [5.74, 6) is -0.356. The number of benzene rings is 1. The van der Waals surface area contributed by atoms with E-state index in [4.69, 9.17) is 11.6 Å². The van der Waals surface area contributed by atoms with Crippen LogP contribution in [0.4, 0.5) is 5.69 Å². The molecule has 8 nitrogen and oxygen atoms in total. The molecule has 1 amide bonds. The van der Waals surface area contributed by atoms with Crippen LogP contribution in [0.15, 0.2) is 53.9 Å². The fourth-order valence-corrected chi connectivity index (χ4v) is 3.98. The van der Waals surface area contributed by atoms with Crippen molar-refractivity contribution in [2.45, 2.75) is 30.9 Å². The van der Waals surface area contributed by atoms with Crippen molar-refractivity contribution in [3.05, 3.63) is 59.6 Å². The van der Waals surface area contributed by atoms with Gasteiger partial charge >= 0.3 is 0 Å². The van der Waals surface area contributed by atoms with Crippen molar-refractivity contribution >= 4 is 40.6 Å². The number of hydrogen-bond donors (Lipinski definition) is 2. The summed E-state index contributed by atoms with van der Waals surface area (Å²) < 4.78 is 3.15. The summed E-state index contributed by atoms with van der Waals surface area (Å²) >= 11 is 7.81. The number of carbonyl (C=O) groups is 1. The normalized spacial score (nSPS) is 11.8. The quantitative estimate of drug-likeness (QED) is 0.426. The van der Waals surface area contributed by atoms with Crippen molar-refractivity contribution in [2.75, 3.05) is 11.6 Å². The van der Waals surface area contributed by atoms with Gasteiger partial charge in [-0.3, -0.25) is 9.48 Å². The Morgan fingerprint density at radius 3 is 2.90 bits per heavy atom. The van der Waals surface area contributed by atoms with Crippen molar-refractivity contribution in [3.63, 3.8) is 0 Å². The number of fused-ring (bicyclic) bond motifs is 1. The second-order valence-corrected chi connectivity index (χ2v) is 8.93. The number of nitrogens with one attached hydrogen (secondary N) is 1. The van der Waals surface area contributed by atoms with Crippen molar-refractivity contribution in [2.24, 2.45) is 0 Å². The summed E-state index contributed by atoms with van der Waals surface area (Å²) in [4.78, 5) is 18.3. The SMILES string of the molecule is CSc1ccc(Cl)cc1-c1nn(CC(C)(C)O)cc1NC(=O)c1cnn2cccnc12. The van der Waals surface area contributed by atoms with Gasteiger partial charge in [0.25, 0.3) is 5.91 Å². The molecule has 1 aromatic carbocycles. The highest BCUT2D eigenvalue weighted by Gasteiger charge is 2.22. The smallest absolute Gasteiger partial charge is 0.261 e. The van der Waals surface area contributed by atoms with E-state index in [1.54, 1.807) is 54.9 Å². The average Bonchev–Trinajstić information content (AvgIpc) is 3.30. The maximum Gasteiger partial charge on any atom is 0.261 e. The molecule has 0 atom stereocenters. The first-order chi connectivity index (χ1) is 14.7. The topological polar surface area (TPSA) is 97.3 Å². The molecule has 0 aliphatic carbocycles. The lowest BCUT2D eigenvalue weighted by Gasteiger charge is -2.16. The third-order valence-corrected chi connectivity index (χ3v) is 5.53. The fraction of sp³-hybridized carbons (Fsp3) is 0.238. The van der Waals surface area contributed by atoms with Gasteiger partial charge in [0.1, 0.15) is 11.3 Å². The zero-order chi connectivity index (χ0) is 22.2. The molecule has 0 bridgehead atoms. The molecule has 0 unspecified atom stereocenters. The lowest BCUT2D eigenvalue weighted by atomic mass is 10.1. The zero-order valence-electron chi connectivity index (χ0n) is 17.2. The molecule has 0 radical (unpaired) electrons. The van der Waals surface area contributed by atoms with Crippen LogP contribution in [0, 0.1) is 0 Å². The van der Waals surface area contributed by atoms with Crippen LogP contribution in [0.3, 0.4) is 0 Å². The van der Waals surface area contributed by atoms with E-state index in [2.05, 4.69) is 20.5 Å². The van der Waals surface area contributed by atoms with Gasteiger partial charge in [0.2, 0.25) is 0 Å². The van der Waals surface area contributed by atoms with E-state index in [9.17, 15) is 9.90 Å². The first-order valence-corrected chi connectivity index (χ1v) is 11.1. The third kappa shape index (κ3) is 4.58. The van der Waals surface area contributed by atoms with Gasteiger partial charge in [-0.2, -0.15) is 10.2 Å². The summed E-state index contributed by atoms with van der Waals surface area (Å²) in [5, 5.41) is 22.6. The Labute approximate surface area is 188 Å². The van der Waals surface area contributed by atoms with E-state index in [1.165, 1.54) is 10.7 Å². The maximum absolute atomic E-state index is 13.1. The molecule has 0 aliphatic heterocycles. The second-order valence-electron chi connectivity index (χ2n) is 7.65. The maximum atomic E-state index is 13.1. The predicted molar refractivity (Wildman–Crippen MR) is 122 cm³/mol. The first kappa shape index (κ1) is 21.4. The molecular formula is C21H21ClN6O2S. The Bertz CT molecular complexity index is 1260. The number of carbonyl (C=O) groups excluding carboxylic acids is 1. The number of hydrogen-bond acceptors (Lipinski definition) is 6. The standard InChI is InChI=1S/C21H21ClN6O2S/c1-21(2,30)12-27-11-16(18(26-27)14-9-13(22)5-6-17(14)31-3)25-20(29)15-10-24-28-8-4-7-23-19(15)28/h4-11,30H,12H2,1-3H3,(H,25,29). The largest absolute Gasteiger partial charge is 0.389 e. The number of anilines is 1. The van der Waals surface area contributed by atoms with Gasteiger partial charge in [0, 0.05) is 34.1 Å². The van der Waals surface area contributed by atoms with Crippen LogP contribution >= 0.6 is 23.4 Å². The fourth-order valence-electron chi connectivity index (χ4n) is 3.23. The number of halogens is 1. The molecule has 0 saturated heterocycles. The summed E-state index contributed by atoms with van der Waals surface area (Å²) in [5.41, 5.74) is 1.68. The van der Waals surface area contributed by atoms with E-state index in [0.29, 0.717) is 27.6 Å². The van der Waals surface area contributed by atoms with Crippen LogP contribution in [-0.2, 0) is 6.54 Å². The van der Waals surface area contributed by atoms with Crippen molar-refractivity contribution in [1.29, 1.82) is 0 Å². The Hall–Kier alpha value is -2.88. The highest BCUT2D eigenvalue weighted by molar-refractivity contribution is 7.98. The van der Waals surface area contributed by atoms with Crippen molar-refractivity contribution < 1.29 is 9.90 Å². The van der Waals surface area contributed by atoms with Crippen LogP contribution in [0.5, 0.6) is 0 Å². The Kier molecular flexibility index (Phi) is 5.74. The van der Waals surface area contributed by atoms with Gasteiger partial charge in [-0.1, -0.05) is 11.6 Å². The number of aliphatic hydroxyl groups is 1. The van der Waals surface area contributed by atoms with Crippen LogP contribution in [0.1, 0.15) is 24.2 Å². The third-order valence-electron chi connectivity index (χ3n) is 4.50. The van der Waals surface area contributed by atoms with Gasteiger partial charge in [-0.05, 0) is 44.4 Å². The number of thioether (sulfide) groups is 1. The van der Waals surface area contributed by atoms with Gasteiger partial charge in [0.05, 0.1) is 24.0 Å². The number of rotatable bonds is 6. The van der Waals surface area contributed by atoms with Crippen molar-refractivity contribution in [3.8, 4) is 11.3 Å². The molecular weight excluding hydrogens is 436 g/mol. The number of aromatic nitrogens is 5. The number of amides is 1. The molecule has 3 aromatic heterocycles. The minimum atomic E-state index is -0.979. The van der Waals surface area contributed by atoms with Crippen LogP contribution < -0.4 is 5.32 Å². The highest BCUT2D eigenvalue weighted by Crippen LogP contribution is 2.36. The number of nitrogens with zero attached hydrogens (tertiary/aromatic N) is 5. The van der Waals surface area contributed by atoms with E-state index in [-0.39, 0.29) is 12.5 Å². The second kappa shape index (κ2) is 8.33. The Morgan fingerprint density at radius 1 is 1.35 bits per heavy atom. The van der Waals surface area contributed by atoms with Gasteiger partial charge in [0.15, 0.2) is 5.65 Å². The monoisotopic (exact) mass is 456 g/mol. The van der Waals surface area contributed by atoms with Crippen molar-refractivity contribution in [1.82, 2.24) is 24.4 Å². The molecule has 0 saturated carbocycles. The zero-order valence-corrected chi connectivity index (χ0v) is 18.8. The highest BCUT2D eigenvalue weighted by atomic mass is 35.5. The predicted octanol–water partition coefficient (Wildman–Crippen LogP) is 3.99. The average molecular weight is 457 g/mol. The van der Waals surface area contributed by atoms with E-state index in [1.807, 2.05) is 24.5 Å². The molecule has 0 aliphatic rings. The lowest BCUT2D eigenvalue weighted by Crippen LogP contribution is -2.26. The van der Waals surface area contributed by atoms with Crippen LogP contribution in [0.25, 0.3) is 16.9 Å². The molecule has 160 valence electrons. The molecule has 10 heteroatoms.